The Morgan fingerprint density at radius 3 is 2.81 bits per heavy atom. The molecule has 27 heavy (non-hydrogen) atoms. The summed E-state index contributed by atoms with van der Waals surface area (Å²) in [7, 11) is 0. The van der Waals surface area contributed by atoms with E-state index in [-0.39, 0.29) is 24.5 Å². The lowest BCUT2D eigenvalue weighted by molar-refractivity contribution is -0.186. The van der Waals surface area contributed by atoms with Crippen LogP contribution in [-0.2, 0) is 16.1 Å². The van der Waals surface area contributed by atoms with E-state index >= 15 is 0 Å². The normalized spacial score (nSPS) is 25.4. The molecule has 0 bridgehead atoms. The van der Waals surface area contributed by atoms with Gasteiger partial charge in [0.05, 0.1) is 11.6 Å². The van der Waals surface area contributed by atoms with Gasteiger partial charge in [0, 0.05) is 25.7 Å². The Bertz CT molecular complexity index is 850. The molecule has 0 radical (unpaired) electrons. The van der Waals surface area contributed by atoms with Gasteiger partial charge in [-0.3, -0.25) is 9.59 Å². The van der Waals surface area contributed by atoms with Crippen molar-refractivity contribution in [2.75, 3.05) is 19.7 Å². The van der Waals surface area contributed by atoms with Crippen LogP contribution in [0.25, 0.3) is 0 Å². The zero-order valence-corrected chi connectivity index (χ0v) is 15.6. The van der Waals surface area contributed by atoms with Gasteiger partial charge in [-0.05, 0) is 25.8 Å². The zero-order chi connectivity index (χ0) is 19.0. The van der Waals surface area contributed by atoms with E-state index in [4.69, 9.17) is 9.26 Å². The highest BCUT2D eigenvalue weighted by atomic mass is 16.5. The number of hydrogen-bond donors (Lipinski definition) is 0. The highest BCUT2D eigenvalue weighted by molar-refractivity contribution is 5.92. The number of rotatable bonds is 3. The molecule has 4 rings (SSSR count). The molecule has 1 aromatic carbocycles. The smallest absolute Gasteiger partial charge is 0.276 e. The van der Waals surface area contributed by atoms with Crippen molar-refractivity contribution in [1.82, 2.24) is 15.0 Å². The third-order valence-electron chi connectivity index (χ3n) is 5.53. The van der Waals surface area contributed by atoms with E-state index < -0.39 is 5.60 Å². The number of piperidine rings is 1. The molecule has 3 heterocycles. The van der Waals surface area contributed by atoms with Crippen molar-refractivity contribution in [3.05, 3.63) is 53.4 Å². The maximum atomic E-state index is 12.8. The zero-order valence-electron chi connectivity index (χ0n) is 15.6. The number of nitrogens with zero attached hydrogens (tertiary/aromatic N) is 3. The summed E-state index contributed by atoms with van der Waals surface area (Å²) >= 11 is 0. The summed E-state index contributed by atoms with van der Waals surface area (Å²) < 4.78 is 11.0. The highest BCUT2D eigenvalue weighted by Gasteiger charge is 2.49. The third-order valence-corrected chi connectivity index (χ3v) is 5.53. The van der Waals surface area contributed by atoms with Gasteiger partial charge in [-0.2, -0.15) is 0 Å². The average molecular weight is 369 g/mol. The second-order valence-corrected chi connectivity index (χ2v) is 7.45. The van der Waals surface area contributed by atoms with Crippen molar-refractivity contribution >= 4 is 11.8 Å². The van der Waals surface area contributed by atoms with Crippen molar-refractivity contribution in [3.8, 4) is 0 Å². The first-order valence-electron chi connectivity index (χ1n) is 9.16. The summed E-state index contributed by atoms with van der Waals surface area (Å²) in [6.07, 6.45) is 0.665. The predicted octanol–water partition coefficient (Wildman–Crippen LogP) is 2.02. The van der Waals surface area contributed by atoms with Crippen LogP contribution in [0.2, 0.25) is 0 Å². The highest BCUT2D eigenvalue weighted by Crippen LogP contribution is 2.34. The molecule has 2 atom stereocenters. The number of aromatic nitrogens is 1. The maximum absolute atomic E-state index is 12.8. The van der Waals surface area contributed by atoms with Crippen LogP contribution in [0.3, 0.4) is 0 Å². The van der Waals surface area contributed by atoms with Gasteiger partial charge < -0.3 is 19.1 Å². The Hall–Kier alpha value is -2.67. The van der Waals surface area contributed by atoms with E-state index in [0.29, 0.717) is 37.5 Å². The predicted molar refractivity (Wildman–Crippen MR) is 96.9 cm³/mol. The summed E-state index contributed by atoms with van der Waals surface area (Å²) in [5.41, 5.74) is 0.901. The van der Waals surface area contributed by atoms with Crippen molar-refractivity contribution in [1.29, 1.82) is 0 Å². The lowest BCUT2D eigenvalue weighted by atomic mass is 9.85. The van der Waals surface area contributed by atoms with Gasteiger partial charge >= 0.3 is 0 Å². The minimum atomic E-state index is -0.459. The number of aryl methyl sites for hydroxylation is 1. The summed E-state index contributed by atoms with van der Waals surface area (Å²) in [6, 6.07) is 11.3. The van der Waals surface area contributed by atoms with E-state index in [1.807, 2.05) is 42.2 Å². The largest absolute Gasteiger partial charge is 0.363 e. The number of likely N-dealkylation sites (tertiary alicyclic amines) is 1. The van der Waals surface area contributed by atoms with Crippen LogP contribution in [-0.4, -0.2) is 58.1 Å². The molecule has 2 amide bonds. The molecule has 1 aromatic heterocycles. The summed E-state index contributed by atoms with van der Waals surface area (Å²) in [5.74, 6) is 0.376. The van der Waals surface area contributed by atoms with Gasteiger partial charge in [-0.15, -0.1) is 0 Å². The maximum Gasteiger partial charge on any atom is 0.276 e. The van der Waals surface area contributed by atoms with Crippen molar-refractivity contribution in [2.45, 2.75) is 38.5 Å². The fourth-order valence-electron chi connectivity index (χ4n) is 3.89. The number of amides is 2. The number of hydrogen-bond acceptors (Lipinski definition) is 5. The van der Waals surface area contributed by atoms with Gasteiger partial charge in [0.25, 0.3) is 5.91 Å². The van der Waals surface area contributed by atoms with E-state index in [0.717, 1.165) is 5.56 Å². The van der Waals surface area contributed by atoms with Crippen LogP contribution in [0.1, 0.15) is 35.2 Å². The van der Waals surface area contributed by atoms with Gasteiger partial charge in [-0.1, -0.05) is 35.5 Å². The van der Waals surface area contributed by atoms with Gasteiger partial charge in [0.1, 0.15) is 12.4 Å². The Morgan fingerprint density at radius 2 is 2.11 bits per heavy atom. The Balaban J connectivity index is 1.57. The Kier molecular flexibility index (Phi) is 4.47. The molecule has 2 aromatic rings. The topological polar surface area (TPSA) is 75.9 Å². The molecule has 0 unspecified atom stereocenters. The number of morpholine rings is 1. The number of carbonyl (C=O) groups is 2. The monoisotopic (exact) mass is 369 g/mol. The molecule has 0 spiro atoms. The van der Waals surface area contributed by atoms with Crippen LogP contribution < -0.4 is 0 Å². The van der Waals surface area contributed by atoms with Crippen molar-refractivity contribution in [3.63, 3.8) is 0 Å². The minimum absolute atomic E-state index is 0.0482. The fourth-order valence-corrected chi connectivity index (χ4v) is 3.89. The van der Waals surface area contributed by atoms with E-state index in [9.17, 15) is 9.59 Å². The molecule has 7 nitrogen and oxygen atoms in total. The third kappa shape index (κ3) is 3.35. The average Bonchev–Trinajstić information content (AvgIpc) is 3.11. The van der Waals surface area contributed by atoms with Crippen LogP contribution in [0.15, 0.2) is 40.9 Å². The molecule has 0 N–H and O–H groups in total. The van der Waals surface area contributed by atoms with Gasteiger partial charge in [0.15, 0.2) is 5.69 Å². The Morgan fingerprint density at radius 1 is 1.33 bits per heavy atom. The van der Waals surface area contributed by atoms with Gasteiger partial charge in [0.2, 0.25) is 5.91 Å². The fraction of sp³-hybridized carbons (Fsp3) is 0.450. The Labute approximate surface area is 157 Å². The van der Waals surface area contributed by atoms with E-state index in [2.05, 4.69) is 5.16 Å². The number of benzene rings is 1. The molecule has 2 aliphatic rings. The number of carbonyl (C=O) groups excluding carboxylic acids is 2. The second kappa shape index (κ2) is 6.81. The minimum Gasteiger partial charge on any atom is -0.363 e. The summed E-state index contributed by atoms with van der Waals surface area (Å²) in [5, 5.41) is 3.84. The number of fused-ring (bicyclic) bond motifs is 1. The first-order valence-corrected chi connectivity index (χ1v) is 9.16. The molecule has 2 saturated heterocycles. The molecular formula is C20H23N3O4. The molecular weight excluding hydrogens is 346 g/mol. The van der Waals surface area contributed by atoms with Gasteiger partial charge in [-0.25, -0.2) is 0 Å². The van der Waals surface area contributed by atoms with Crippen LogP contribution in [0.4, 0.5) is 0 Å². The first-order chi connectivity index (χ1) is 13.0. The summed E-state index contributed by atoms with van der Waals surface area (Å²) in [4.78, 5) is 29.0. The second-order valence-electron chi connectivity index (χ2n) is 7.45. The molecule has 142 valence electrons. The quantitative estimate of drug-likeness (QED) is 0.827. The molecule has 7 heteroatoms. The number of ether oxygens (including phenoxy) is 1. The van der Waals surface area contributed by atoms with Crippen LogP contribution in [0, 0.1) is 6.92 Å². The van der Waals surface area contributed by atoms with Crippen molar-refractivity contribution in [2.24, 2.45) is 0 Å². The van der Waals surface area contributed by atoms with Crippen molar-refractivity contribution < 1.29 is 18.8 Å². The molecule has 2 fully saturated rings. The standard InChI is InChI=1S/C20H23N3O4/c1-14-10-16(21-27-14)19(25)22-9-8-20(2)17(12-22)23(18(24)13-26-20)11-15-6-4-3-5-7-15/h3-7,10,17H,8-9,11-13H2,1-2H3/t17-,20-/m1/s1. The lowest BCUT2D eigenvalue weighted by Crippen LogP contribution is -2.67. The first kappa shape index (κ1) is 17.7. The molecule has 0 aliphatic carbocycles. The van der Waals surface area contributed by atoms with E-state index in [1.54, 1.807) is 17.9 Å². The van der Waals surface area contributed by atoms with Crippen LogP contribution >= 0.6 is 0 Å². The molecule has 2 aliphatic heterocycles. The van der Waals surface area contributed by atoms with Crippen LogP contribution in [0.5, 0.6) is 0 Å². The SMILES string of the molecule is Cc1cc(C(=O)N2CC[C@@]3(C)OCC(=O)N(Cc4ccccc4)[C@@H]3C2)no1. The summed E-state index contributed by atoms with van der Waals surface area (Å²) in [6.45, 7) is 5.35. The van der Waals surface area contributed by atoms with E-state index in [1.165, 1.54) is 0 Å². The molecule has 0 saturated carbocycles. The lowest BCUT2D eigenvalue weighted by Gasteiger charge is -2.52.